The molecule has 1 spiro atoms. The highest BCUT2D eigenvalue weighted by Gasteiger charge is 2.79. The van der Waals surface area contributed by atoms with Crippen LogP contribution in [0, 0.1) is 46.3 Å². The van der Waals surface area contributed by atoms with Gasteiger partial charge in [-0.1, -0.05) is 53.9 Å². The number of hydrogen-bond donors (Lipinski definition) is 1. The number of carbonyl (C=O) groups is 1. The Bertz CT molecular complexity index is 702. The normalized spacial score (nSPS) is 53.0. The molecular weight excluding hydrogens is 372 g/mol. The van der Waals surface area contributed by atoms with E-state index < -0.39 is 0 Å². The van der Waals surface area contributed by atoms with E-state index in [0.717, 1.165) is 30.6 Å². The van der Waals surface area contributed by atoms with Crippen LogP contribution in [-0.2, 0) is 9.53 Å². The van der Waals surface area contributed by atoms with Crippen molar-refractivity contribution in [3.05, 3.63) is 0 Å². The van der Waals surface area contributed by atoms with Gasteiger partial charge in [0.05, 0.1) is 6.10 Å². The first kappa shape index (κ1) is 21.4. The number of aliphatic hydroxyl groups is 1. The molecule has 0 aromatic carbocycles. The number of ether oxygens (including phenoxy) is 1. The van der Waals surface area contributed by atoms with Crippen LogP contribution in [0.15, 0.2) is 0 Å². The molecule has 0 bridgehead atoms. The summed E-state index contributed by atoms with van der Waals surface area (Å²) in [6.07, 6.45) is 11.1. The van der Waals surface area contributed by atoms with E-state index in [2.05, 4.69) is 34.6 Å². The summed E-state index contributed by atoms with van der Waals surface area (Å²) in [5.74, 6) is 3.97. The first-order chi connectivity index (χ1) is 14.1. The van der Waals surface area contributed by atoms with Gasteiger partial charge in [-0.2, -0.15) is 0 Å². The number of epoxide rings is 1. The third-order valence-electron chi connectivity index (χ3n) is 11.1. The molecule has 10 atom stereocenters. The second kappa shape index (κ2) is 7.04. The van der Waals surface area contributed by atoms with Gasteiger partial charge in [-0.05, 0) is 73.5 Å². The summed E-state index contributed by atoms with van der Waals surface area (Å²) in [4.78, 5) is 13.7. The number of carbonyl (C=O) groups excluding carboxylic acids is 1. The number of fused-ring (bicyclic) bond motifs is 4. The van der Waals surface area contributed by atoms with E-state index in [4.69, 9.17) is 4.74 Å². The zero-order chi connectivity index (χ0) is 21.5. The number of Topliss-reactive ketones (excluding diaryl/α,β-unsaturated/α-hetero) is 1. The third-order valence-corrected chi connectivity index (χ3v) is 11.1. The molecule has 0 amide bonds. The van der Waals surface area contributed by atoms with Gasteiger partial charge in [0.1, 0.15) is 11.7 Å². The summed E-state index contributed by atoms with van der Waals surface area (Å²) in [7, 11) is 0. The second-order valence-electron chi connectivity index (χ2n) is 12.9. The first-order valence-corrected chi connectivity index (χ1v) is 13.0. The largest absolute Gasteiger partial charge is 0.393 e. The summed E-state index contributed by atoms with van der Waals surface area (Å²) < 4.78 is 6.27. The molecule has 4 aliphatic carbocycles. The van der Waals surface area contributed by atoms with Crippen molar-refractivity contribution in [2.75, 3.05) is 0 Å². The fourth-order valence-electron chi connectivity index (χ4n) is 9.37. The van der Waals surface area contributed by atoms with Gasteiger partial charge < -0.3 is 9.84 Å². The van der Waals surface area contributed by atoms with Crippen LogP contribution in [0.4, 0.5) is 0 Å². The van der Waals surface area contributed by atoms with E-state index in [1.54, 1.807) is 0 Å². The molecular formula is C27H44O3. The van der Waals surface area contributed by atoms with E-state index in [0.29, 0.717) is 29.5 Å². The molecule has 30 heavy (non-hydrogen) atoms. The van der Waals surface area contributed by atoms with Crippen molar-refractivity contribution in [1.82, 2.24) is 0 Å². The van der Waals surface area contributed by atoms with Crippen molar-refractivity contribution in [1.29, 1.82) is 0 Å². The highest BCUT2D eigenvalue weighted by atomic mass is 16.6. The molecule has 170 valence electrons. The Morgan fingerprint density at radius 3 is 2.53 bits per heavy atom. The average Bonchev–Trinajstić information content (AvgIpc) is 3.29. The Morgan fingerprint density at radius 2 is 1.80 bits per heavy atom. The first-order valence-electron chi connectivity index (χ1n) is 13.0. The predicted octanol–water partition coefficient (Wildman–Crippen LogP) is 5.78. The van der Waals surface area contributed by atoms with Crippen molar-refractivity contribution in [3.63, 3.8) is 0 Å². The van der Waals surface area contributed by atoms with Gasteiger partial charge in [0.15, 0.2) is 5.78 Å². The van der Waals surface area contributed by atoms with Gasteiger partial charge in [-0.3, -0.25) is 4.79 Å². The average molecular weight is 417 g/mol. The van der Waals surface area contributed by atoms with Gasteiger partial charge in [0.2, 0.25) is 0 Å². The Morgan fingerprint density at radius 1 is 1.03 bits per heavy atom. The minimum atomic E-state index is -0.335. The maximum absolute atomic E-state index is 13.7. The molecule has 5 fully saturated rings. The zero-order valence-corrected chi connectivity index (χ0v) is 20.0. The SMILES string of the molecule is CC(C)CCCC(C)[C@H]1CCC2C3C(=O)[C@H]4O[C@@]45C[C@@H](O)CC[C@]5(C)C3CC[C@@]21C. The van der Waals surface area contributed by atoms with Crippen LogP contribution in [0.2, 0.25) is 0 Å². The lowest BCUT2D eigenvalue weighted by Gasteiger charge is -2.58. The van der Waals surface area contributed by atoms with E-state index in [9.17, 15) is 9.90 Å². The molecule has 3 nitrogen and oxygen atoms in total. The molecule has 0 aromatic heterocycles. The second-order valence-corrected chi connectivity index (χ2v) is 12.9. The molecule has 4 unspecified atom stereocenters. The maximum atomic E-state index is 13.7. The topological polar surface area (TPSA) is 49.8 Å². The Labute approximate surface area is 183 Å². The van der Waals surface area contributed by atoms with E-state index >= 15 is 0 Å². The van der Waals surface area contributed by atoms with Crippen LogP contribution in [0.25, 0.3) is 0 Å². The van der Waals surface area contributed by atoms with Crippen LogP contribution in [0.1, 0.15) is 98.8 Å². The van der Waals surface area contributed by atoms with E-state index in [1.807, 2.05) is 0 Å². The highest BCUT2D eigenvalue weighted by Crippen LogP contribution is 2.73. The highest BCUT2D eigenvalue weighted by molar-refractivity contribution is 5.91. The number of rotatable bonds is 5. The van der Waals surface area contributed by atoms with Crippen LogP contribution >= 0.6 is 0 Å². The molecule has 1 aliphatic heterocycles. The van der Waals surface area contributed by atoms with Crippen molar-refractivity contribution >= 4 is 5.78 Å². The summed E-state index contributed by atoms with van der Waals surface area (Å²) in [6.45, 7) is 12.1. The summed E-state index contributed by atoms with van der Waals surface area (Å²) in [5, 5.41) is 10.3. The molecule has 4 saturated carbocycles. The molecule has 1 N–H and O–H groups in total. The van der Waals surface area contributed by atoms with Gasteiger partial charge in [-0.15, -0.1) is 0 Å². The summed E-state index contributed by atoms with van der Waals surface area (Å²) in [5.41, 5.74) is 0.0735. The van der Waals surface area contributed by atoms with Gasteiger partial charge in [-0.25, -0.2) is 0 Å². The standard InChI is InChI=1S/C27H44O3/c1-16(2)7-6-8-17(3)19-9-10-20-22-21(12-13-25(19,20)4)26(5)14-11-18(28)15-27(26)24(30-27)23(22)29/h16-22,24,28H,6-15H2,1-5H3/t17?,18-,19+,20?,21?,22?,24+,25+,26+,27-/m0/s1. The molecule has 0 radical (unpaired) electrons. The fraction of sp³-hybridized carbons (Fsp3) is 0.963. The van der Waals surface area contributed by atoms with Crippen LogP contribution < -0.4 is 0 Å². The molecule has 5 rings (SSSR count). The molecule has 1 saturated heterocycles. The zero-order valence-electron chi connectivity index (χ0n) is 20.0. The molecule has 3 heteroatoms. The number of ketones is 1. The molecule has 0 aromatic rings. The molecule has 5 aliphatic rings. The van der Waals surface area contributed by atoms with Crippen molar-refractivity contribution in [2.45, 2.75) is 117 Å². The van der Waals surface area contributed by atoms with Crippen LogP contribution in [-0.4, -0.2) is 28.7 Å². The lowest BCUT2D eigenvalue weighted by molar-refractivity contribution is -0.151. The quantitative estimate of drug-likeness (QED) is 0.578. The maximum Gasteiger partial charge on any atom is 0.168 e. The predicted molar refractivity (Wildman–Crippen MR) is 119 cm³/mol. The van der Waals surface area contributed by atoms with Crippen LogP contribution in [0.3, 0.4) is 0 Å². The van der Waals surface area contributed by atoms with Crippen LogP contribution in [0.5, 0.6) is 0 Å². The van der Waals surface area contributed by atoms with Gasteiger partial charge in [0.25, 0.3) is 0 Å². The lowest BCUT2D eigenvalue weighted by Crippen LogP contribution is -2.61. The lowest BCUT2D eigenvalue weighted by atomic mass is 9.44. The smallest absolute Gasteiger partial charge is 0.168 e. The Kier molecular flexibility index (Phi) is 5.03. The van der Waals surface area contributed by atoms with Crippen molar-refractivity contribution < 1.29 is 14.6 Å². The van der Waals surface area contributed by atoms with Crippen molar-refractivity contribution in [2.24, 2.45) is 46.3 Å². The van der Waals surface area contributed by atoms with E-state index in [-0.39, 0.29) is 29.1 Å². The van der Waals surface area contributed by atoms with Gasteiger partial charge >= 0.3 is 0 Å². The molecule has 1 heterocycles. The number of hydrogen-bond acceptors (Lipinski definition) is 3. The van der Waals surface area contributed by atoms with Gasteiger partial charge in [0, 0.05) is 17.8 Å². The summed E-state index contributed by atoms with van der Waals surface area (Å²) in [6, 6.07) is 0. The summed E-state index contributed by atoms with van der Waals surface area (Å²) >= 11 is 0. The minimum absolute atomic E-state index is 0.0811. The minimum Gasteiger partial charge on any atom is -0.393 e. The van der Waals surface area contributed by atoms with Crippen molar-refractivity contribution in [3.8, 4) is 0 Å². The van der Waals surface area contributed by atoms with E-state index in [1.165, 1.54) is 44.9 Å². The third kappa shape index (κ3) is 2.79. The Hall–Kier alpha value is -0.410. The fourth-order valence-corrected chi connectivity index (χ4v) is 9.37. The Balaban J connectivity index is 1.37. The number of aliphatic hydroxyl groups excluding tert-OH is 1. The monoisotopic (exact) mass is 416 g/mol.